The van der Waals surface area contributed by atoms with Crippen molar-refractivity contribution < 1.29 is 4.79 Å². The van der Waals surface area contributed by atoms with Gasteiger partial charge in [0, 0.05) is 32.6 Å². The number of imidazole rings is 1. The molecule has 1 N–H and O–H groups in total. The number of nitrogens with zero attached hydrogens (tertiary/aromatic N) is 2. The minimum atomic E-state index is -0.0792. The van der Waals surface area contributed by atoms with Gasteiger partial charge in [-0.2, -0.15) is 0 Å². The van der Waals surface area contributed by atoms with Crippen LogP contribution in [0.2, 0.25) is 0 Å². The third-order valence-electron chi connectivity index (χ3n) is 3.61. The van der Waals surface area contributed by atoms with E-state index < -0.39 is 0 Å². The summed E-state index contributed by atoms with van der Waals surface area (Å²) in [6.07, 6.45) is 7.00. The monoisotopic (exact) mass is 491 g/mol. The van der Waals surface area contributed by atoms with Crippen molar-refractivity contribution in [3.63, 3.8) is 0 Å². The topological polar surface area (TPSA) is 46.9 Å². The molecule has 0 fully saturated rings. The highest BCUT2D eigenvalue weighted by Crippen LogP contribution is 2.27. The normalized spacial score (nSPS) is 11.8. The number of allylic oxidation sites excluding steroid dienone is 1. The lowest BCUT2D eigenvalue weighted by molar-refractivity contribution is 0.105. The summed E-state index contributed by atoms with van der Waals surface area (Å²) < 4.78 is 3.67. The van der Waals surface area contributed by atoms with Crippen LogP contribution in [0.25, 0.3) is 5.70 Å². The van der Waals surface area contributed by atoms with Crippen molar-refractivity contribution in [2.24, 2.45) is 0 Å². The Bertz CT molecular complexity index is 920. The molecule has 26 heavy (non-hydrogen) atoms. The molecule has 0 aliphatic heterocycles. The quantitative estimate of drug-likeness (QED) is 0.344. The highest BCUT2D eigenvalue weighted by atomic mass is 79.9. The Kier molecular flexibility index (Phi) is 6.34. The van der Waals surface area contributed by atoms with Crippen molar-refractivity contribution in [3.05, 3.63) is 86.8 Å². The van der Waals surface area contributed by atoms with Crippen molar-refractivity contribution in [2.75, 3.05) is 11.6 Å². The molecule has 1 aromatic heterocycles. The molecule has 0 amide bonds. The summed E-state index contributed by atoms with van der Waals surface area (Å²) in [4.78, 5) is 17.3. The van der Waals surface area contributed by atoms with E-state index in [4.69, 9.17) is 0 Å². The molecule has 0 spiro atoms. The molecular formula is C19H15Br2N3OS. The number of carbonyl (C=O) groups excluding carboxylic acids is 1. The first-order valence-corrected chi connectivity index (χ1v) is 10.5. The highest BCUT2D eigenvalue weighted by molar-refractivity contribution is 9.10. The van der Waals surface area contributed by atoms with Crippen LogP contribution < -0.4 is 5.32 Å². The van der Waals surface area contributed by atoms with Crippen LogP contribution in [0.4, 0.5) is 5.69 Å². The Morgan fingerprint density at radius 2 is 1.65 bits per heavy atom. The Labute approximate surface area is 173 Å². The molecule has 3 rings (SSSR count). The van der Waals surface area contributed by atoms with Gasteiger partial charge in [-0.15, -0.1) is 11.8 Å². The summed E-state index contributed by atoms with van der Waals surface area (Å²) in [5.74, 6) is -0.0792. The summed E-state index contributed by atoms with van der Waals surface area (Å²) in [7, 11) is 0. The Hall–Kier alpha value is -1.83. The van der Waals surface area contributed by atoms with Crippen molar-refractivity contribution >= 4 is 60.8 Å². The van der Waals surface area contributed by atoms with Gasteiger partial charge in [-0.05, 0) is 54.8 Å². The van der Waals surface area contributed by atoms with Gasteiger partial charge in [-0.3, -0.25) is 4.79 Å². The maximum absolute atomic E-state index is 13.2. The average Bonchev–Trinajstić information content (AvgIpc) is 3.17. The molecule has 4 nitrogen and oxygen atoms in total. The van der Waals surface area contributed by atoms with Gasteiger partial charge in [0.2, 0.25) is 5.78 Å². The lowest BCUT2D eigenvalue weighted by Gasteiger charge is -2.16. The summed E-state index contributed by atoms with van der Waals surface area (Å²) in [5.41, 5.74) is 2.04. The summed E-state index contributed by atoms with van der Waals surface area (Å²) in [6, 6.07) is 15.1. The summed E-state index contributed by atoms with van der Waals surface area (Å²) in [6.45, 7) is 0. The maximum Gasteiger partial charge on any atom is 0.212 e. The molecule has 0 saturated heterocycles. The smallest absolute Gasteiger partial charge is 0.212 e. The number of aromatic nitrogens is 2. The van der Waals surface area contributed by atoms with E-state index >= 15 is 0 Å². The molecule has 0 aliphatic carbocycles. The molecule has 3 aromatic rings. The number of hydrogen-bond donors (Lipinski definition) is 1. The third kappa shape index (κ3) is 4.47. The molecular weight excluding hydrogens is 478 g/mol. The van der Waals surface area contributed by atoms with Crippen LogP contribution >= 0.6 is 43.6 Å². The van der Waals surface area contributed by atoms with Gasteiger partial charge in [0.05, 0.1) is 6.33 Å². The Morgan fingerprint density at radius 1 is 1.04 bits per heavy atom. The molecule has 0 aliphatic rings. The Morgan fingerprint density at radius 3 is 2.19 bits per heavy atom. The van der Waals surface area contributed by atoms with E-state index in [0.29, 0.717) is 11.3 Å². The van der Waals surface area contributed by atoms with Gasteiger partial charge in [0.1, 0.15) is 10.7 Å². The third-order valence-corrected chi connectivity index (χ3v) is 5.37. The number of ketones is 1. The van der Waals surface area contributed by atoms with Crippen molar-refractivity contribution in [2.45, 2.75) is 0 Å². The van der Waals surface area contributed by atoms with Crippen LogP contribution in [-0.2, 0) is 0 Å². The number of Topliss-reactive ketones (excluding diaryl/α,β-unsaturated/α-hetero) is 1. The second-order valence-corrected chi connectivity index (χ2v) is 7.97. The summed E-state index contributed by atoms with van der Waals surface area (Å²) in [5, 5.41) is 4.10. The van der Waals surface area contributed by atoms with Gasteiger partial charge in [0.15, 0.2) is 0 Å². The van der Waals surface area contributed by atoms with Crippen LogP contribution in [0.1, 0.15) is 10.4 Å². The lowest BCUT2D eigenvalue weighted by atomic mass is 10.1. The fourth-order valence-corrected chi connectivity index (χ4v) is 3.48. The zero-order chi connectivity index (χ0) is 18.5. The lowest BCUT2D eigenvalue weighted by Crippen LogP contribution is -2.13. The van der Waals surface area contributed by atoms with E-state index in [9.17, 15) is 4.79 Å². The van der Waals surface area contributed by atoms with E-state index in [-0.39, 0.29) is 5.78 Å². The van der Waals surface area contributed by atoms with E-state index in [1.165, 1.54) is 11.8 Å². The van der Waals surface area contributed by atoms with E-state index in [1.807, 2.05) is 42.7 Å². The second kappa shape index (κ2) is 8.70. The highest BCUT2D eigenvalue weighted by Gasteiger charge is 2.19. The van der Waals surface area contributed by atoms with Crippen molar-refractivity contribution in [3.8, 4) is 0 Å². The van der Waals surface area contributed by atoms with E-state index in [1.54, 1.807) is 35.4 Å². The fraction of sp³-hybridized carbons (Fsp3) is 0.0526. The number of rotatable bonds is 6. The summed E-state index contributed by atoms with van der Waals surface area (Å²) >= 11 is 8.32. The van der Waals surface area contributed by atoms with Crippen LogP contribution in [0.5, 0.6) is 0 Å². The second-order valence-electron chi connectivity index (χ2n) is 5.32. The van der Waals surface area contributed by atoms with Crippen LogP contribution in [-0.4, -0.2) is 21.6 Å². The van der Waals surface area contributed by atoms with Crippen LogP contribution in [0.3, 0.4) is 0 Å². The standard InChI is InChI=1S/C19H15Br2N3OS/c1-26-19(23-16-8-6-15(21)7-9-16)17(24-11-10-22-12-24)18(25)13-2-4-14(20)5-3-13/h2-12,23H,1H3. The first-order valence-electron chi connectivity index (χ1n) is 7.68. The predicted octanol–water partition coefficient (Wildman–Crippen LogP) is 5.89. The van der Waals surface area contributed by atoms with Gasteiger partial charge in [-0.25, -0.2) is 4.98 Å². The van der Waals surface area contributed by atoms with Gasteiger partial charge >= 0.3 is 0 Å². The molecule has 1 heterocycles. The number of halogens is 2. The van der Waals surface area contributed by atoms with Crippen LogP contribution in [0.15, 0.2) is 81.2 Å². The maximum atomic E-state index is 13.2. The Balaban J connectivity index is 2.05. The molecule has 0 radical (unpaired) electrons. The van der Waals surface area contributed by atoms with Gasteiger partial charge in [-0.1, -0.05) is 31.9 Å². The largest absolute Gasteiger partial charge is 0.348 e. The average molecular weight is 493 g/mol. The number of thioether (sulfide) groups is 1. The molecule has 0 bridgehead atoms. The molecule has 0 unspecified atom stereocenters. The molecule has 7 heteroatoms. The molecule has 0 saturated carbocycles. The first kappa shape index (κ1) is 18.9. The fourth-order valence-electron chi connectivity index (χ4n) is 2.34. The van der Waals surface area contributed by atoms with Crippen molar-refractivity contribution in [1.82, 2.24) is 9.55 Å². The number of benzene rings is 2. The van der Waals surface area contributed by atoms with Crippen molar-refractivity contribution in [1.29, 1.82) is 0 Å². The first-order chi connectivity index (χ1) is 12.6. The predicted molar refractivity (Wildman–Crippen MR) is 115 cm³/mol. The molecule has 0 atom stereocenters. The van der Waals surface area contributed by atoms with E-state index in [2.05, 4.69) is 42.2 Å². The number of nitrogens with one attached hydrogen (secondary N) is 1. The van der Waals surface area contributed by atoms with Gasteiger partial charge in [0.25, 0.3) is 0 Å². The SMILES string of the molecule is CSC(Nc1ccc(Br)cc1)=C(C(=O)c1ccc(Br)cc1)n1ccnc1. The zero-order valence-corrected chi connectivity index (χ0v) is 17.8. The number of anilines is 1. The van der Waals surface area contributed by atoms with Crippen LogP contribution in [0, 0.1) is 0 Å². The molecule has 2 aromatic carbocycles. The molecule has 132 valence electrons. The van der Waals surface area contributed by atoms with Gasteiger partial charge < -0.3 is 9.88 Å². The zero-order valence-electron chi connectivity index (χ0n) is 13.8. The van der Waals surface area contributed by atoms with E-state index in [0.717, 1.165) is 19.7 Å². The minimum Gasteiger partial charge on any atom is -0.348 e. The number of hydrogen-bond acceptors (Lipinski definition) is 4. The number of carbonyl (C=O) groups is 1. The minimum absolute atomic E-state index is 0.0792.